The van der Waals surface area contributed by atoms with Gasteiger partial charge in [-0.1, -0.05) is 6.92 Å². The number of carbonyl (C=O) groups excluding carboxylic acids is 2. The minimum absolute atomic E-state index is 0.0238. The fourth-order valence-corrected chi connectivity index (χ4v) is 6.67. The van der Waals surface area contributed by atoms with Crippen LogP contribution in [0, 0.1) is 11.8 Å². The number of quaternary nitrogens is 1. The van der Waals surface area contributed by atoms with E-state index in [1.54, 1.807) is 6.92 Å². The van der Waals surface area contributed by atoms with Crippen molar-refractivity contribution >= 4 is 29.5 Å². The van der Waals surface area contributed by atoms with E-state index >= 15 is 0 Å². The smallest absolute Gasteiger partial charge is 0.353 e. The van der Waals surface area contributed by atoms with Crippen LogP contribution < -0.4 is 5.32 Å². The number of aliphatic hydroxyl groups excluding tert-OH is 1. The fraction of sp³-hybridized carbons (Fsp3) is 0.737. The molecule has 3 rings (SSSR count). The number of fused-ring (bicyclic) bond motifs is 1. The van der Waals surface area contributed by atoms with Gasteiger partial charge in [0, 0.05) is 23.8 Å². The third-order valence-electron chi connectivity index (χ3n) is 6.26. The van der Waals surface area contributed by atoms with Crippen LogP contribution >= 0.6 is 11.8 Å². The number of aliphatic carboxylic acids is 1. The Hall–Kier alpha value is -1.58. The number of carboxylic acid groups (broad SMARTS) is 1. The number of hydrogen-bond donors (Lipinski definition) is 3. The number of carbonyl (C=O) groups is 3. The van der Waals surface area contributed by atoms with Crippen molar-refractivity contribution in [1.29, 1.82) is 0 Å². The zero-order chi connectivity index (χ0) is 21.0. The van der Waals surface area contributed by atoms with Crippen LogP contribution in [0.1, 0.15) is 27.2 Å². The van der Waals surface area contributed by atoms with Gasteiger partial charge < -0.3 is 24.9 Å². The van der Waals surface area contributed by atoms with Crippen molar-refractivity contribution < 1.29 is 29.1 Å². The van der Waals surface area contributed by atoms with Crippen LogP contribution in [0.2, 0.25) is 0 Å². The molecule has 0 aromatic heterocycles. The maximum Gasteiger partial charge on any atom is 0.353 e. The summed E-state index contributed by atoms with van der Waals surface area (Å²) in [5.74, 6) is -2.10. The first-order valence-electron chi connectivity index (χ1n) is 9.76. The maximum atomic E-state index is 12.4. The number of nitrogens with zero attached hydrogens (tertiary/aromatic N) is 2. The molecule has 156 valence electrons. The van der Waals surface area contributed by atoms with Gasteiger partial charge in [0.05, 0.1) is 44.0 Å². The molecule has 0 aromatic carbocycles. The molecular weight excluding hydrogens is 382 g/mol. The lowest BCUT2D eigenvalue weighted by molar-refractivity contribution is -0.892. The number of β-lactam (4-membered cyclic amide) rings is 1. The zero-order valence-corrected chi connectivity index (χ0v) is 17.8. The van der Waals surface area contributed by atoms with E-state index in [1.165, 1.54) is 16.7 Å². The van der Waals surface area contributed by atoms with Gasteiger partial charge in [-0.15, -0.1) is 11.8 Å². The molecule has 6 atom stereocenters. The number of aliphatic hydroxyl groups is 1. The number of hydrogen-bond acceptors (Lipinski definition) is 5. The van der Waals surface area contributed by atoms with Gasteiger partial charge in [-0.3, -0.25) is 9.59 Å². The quantitative estimate of drug-likeness (QED) is 0.426. The lowest BCUT2D eigenvalue weighted by Crippen LogP contribution is -2.63. The fourth-order valence-electron chi connectivity index (χ4n) is 4.92. The van der Waals surface area contributed by atoms with Crippen molar-refractivity contribution in [1.82, 2.24) is 10.2 Å². The van der Waals surface area contributed by atoms with Crippen LogP contribution in [0.3, 0.4) is 0 Å². The molecule has 0 unspecified atom stereocenters. The molecule has 3 aliphatic rings. The van der Waals surface area contributed by atoms with Crippen LogP contribution in [-0.2, 0) is 14.4 Å². The summed E-state index contributed by atoms with van der Waals surface area (Å²) in [6, 6.07) is -0.476. The molecule has 2 fully saturated rings. The molecule has 2 amide bonds. The van der Waals surface area contributed by atoms with E-state index in [1.807, 2.05) is 27.9 Å². The van der Waals surface area contributed by atoms with Gasteiger partial charge in [0.2, 0.25) is 5.91 Å². The van der Waals surface area contributed by atoms with Gasteiger partial charge in [-0.25, -0.2) is 4.79 Å². The molecule has 9 heteroatoms. The lowest BCUT2D eigenvalue weighted by Gasteiger charge is -2.46. The summed E-state index contributed by atoms with van der Waals surface area (Å²) >= 11 is 1.49. The SMILES string of the molecule is CCNC(=O)[C@@H]1C[C@H](SC2=C(C(=O)O)N3C(=O)[C@H]([C@@H](C)O)[C@H]3[C@H]2C)C[N+]1(C)C. The van der Waals surface area contributed by atoms with Gasteiger partial charge in [-0.05, 0) is 13.8 Å². The van der Waals surface area contributed by atoms with Crippen molar-refractivity contribution in [3.63, 3.8) is 0 Å². The van der Waals surface area contributed by atoms with E-state index in [-0.39, 0.29) is 40.8 Å². The van der Waals surface area contributed by atoms with Crippen molar-refractivity contribution in [3.05, 3.63) is 10.6 Å². The third kappa shape index (κ3) is 3.23. The van der Waals surface area contributed by atoms with E-state index in [0.29, 0.717) is 22.4 Å². The predicted octanol–water partition coefficient (Wildman–Crippen LogP) is 0.227. The largest absolute Gasteiger partial charge is 0.477 e. The standard InChI is InChI=1S/C19H29N3O5S/c1-6-20-17(24)12-7-11(8-22(12,4)5)28-16-9(2)14-13(10(3)23)18(25)21(14)15(16)19(26)27/h9-14,23H,6-8H2,1-5H3,(H-,20,24,26,27)/p+1/t9-,10-,11+,12+,13-,14-/m1/s1. The molecule has 3 heterocycles. The molecular formula is C19H30N3O5S+. The second-order valence-electron chi connectivity index (χ2n) is 8.62. The van der Waals surface area contributed by atoms with E-state index < -0.39 is 18.0 Å². The summed E-state index contributed by atoms with van der Waals surface area (Å²) in [5.41, 5.74) is 0.0520. The molecule has 0 spiro atoms. The Morgan fingerprint density at radius 2 is 2.04 bits per heavy atom. The second kappa shape index (κ2) is 7.35. The topological polar surface area (TPSA) is 107 Å². The first-order chi connectivity index (χ1) is 13.0. The molecule has 2 saturated heterocycles. The van der Waals surface area contributed by atoms with E-state index in [2.05, 4.69) is 5.32 Å². The number of carboxylic acids is 1. The second-order valence-corrected chi connectivity index (χ2v) is 9.96. The average Bonchev–Trinajstić information content (AvgIpc) is 3.00. The average molecular weight is 413 g/mol. The molecule has 3 aliphatic heterocycles. The summed E-state index contributed by atoms with van der Waals surface area (Å²) in [6.07, 6.45) is -0.148. The van der Waals surface area contributed by atoms with Crippen molar-refractivity contribution in [2.24, 2.45) is 11.8 Å². The Labute approximate surface area is 169 Å². The van der Waals surface area contributed by atoms with Gasteiger partial charge in [0.1, 0.15) is 5.70 Å². The minimum Gasteiger partial charge on any atom is -0.477 e. The van der Waals surface area contributed by atoms with Crippen LogP contribution in [0.15, 0.2) is 10.6 Å². The van der Waals surface area contributed by atoms with Gasteiger partial charge >= 0.3 is 5.97 Å². The number of amides is 2. The predicted molar refractivity (Wildman–Crippen MR) is 105 cm³/mol. The summed E-state index contributed by atoms with van der Waals surface area (Å²) in [5, 5.41) is 22.7. The van der Waals surface area contributed by atoms with Crippen LogP contribution in [0.25, 0.3) is 0 Å². The minimum atomic E-state index is -1.11. The van der Waals surface area contributed by atoms with Gasteiger partial charge in [-0.2, -0.15) is 0 Å². The Morgan fingerprint density at radius 1 is 1.39 bits per heavy atom. The maximum absolute atomic E-state index is 12.4. The van der Waals surface area contributed by atoms with Crippen molar-refractivity contribution in [3.8, 4) is 0 Å². The molecule has 0 bridgehead atoms. The Bertz CT molecular complexity index is 735. The molecule has 8 nitrogen and oxygen atoms in total. The van der Waals surface area contributed by atoms with E-state index in [4.69, 9.17) is 0 Å². The van der Waals surface area contributed by atoms with Crippen LogP contribution in [-0.4, -0.2) is 88.0 Å². The lowest BCUT2D eigenvalue weighted by atomic mass is 9.79. The molecule has 0 saturated carbocycles. The highest BCUT2D eigenvalue weighted by atomic mass is 32.2. The molecule has 0 aromatic rings. The third-order valence-corrected chi connectivity index (χ3v) is 7.76. The van der Waals surface area contributed by atoms with E-state index in [9.17, 15) is 24.6 Å². The monoisotopic (exact) mass is 412 g/mol. The molecule has 3 N–H and O–H groups in total. The highest BCUT2D eigenvalue weighted by Crippen LogP contribution is 2.52. The molecule has 28 heavy (non-hydrogen) atoms. The number of likely N-dealkylation sites (N-methyl/N-ethyl adjacent to an activating group) is 2. The first-order valence-corrected chi connectivity index (χ1v) is 10.6. The zero-order valence-electron chi connectivity index (χ0n) is 17.0. The Morgan fingerprint density at radius 3 is 2.57 bits per heavy atom. The number of thioether (sulfide) groups is 1. The van der Waals surface area contributed by atoms with E-state index in [0.717, 1.165) is 6.54 Å². The first kappa shape index (κ1) is 21.1. The summed E-state index contributed by atoms with van der Waals surface area (Å²) < 4.78 is 0.552. The highest BCUT2D eigenvalue weighted by Gasteiger charge is 2.60. The molecule has 0 radical (unpaired) electrons. The van der Waals surface area contributed by atoms with Gasteiger partial charge in [0.25, 0.3) is 5.91 Å². The van der Waals surface area contributed by atoms with Crippen molar-refractivity contribution in [2.45, 2.75) is 50.6 Å². The summed E-state index contributed by atoms with van der Waals surface area (Å²) in [7, 11) is 4.04. The summed E-state index contributed by atoms with van der Waals surface area (Å²) in [4.78, 5) is 38.9. The number of rotatable bonds is 6. The van der Waals surface area contributed by atoms with Crippen LogP contribution in [0.4, 0.5) is 0 Å². The van der Waals surface area contributed by atoms with Gasteiger partial charge in [0.15, 0.2) is 6.04 Å². The normalized spacial score (nSPS) is 34.9. The van der Waals surface area contributed by atoms with Crippen molar-refractivity contribution in [2.75, 3.05) is 27.2 Å². The Kier molecular flexibility index (Phi) is 5.55. The summed E-state index contributed by atoms with van der Waals surface area (Å²) in [6.45, 7) is 6.72. The molecule has 0 aliphatic carbocycles. The number of nitrogens with one attached hydrogen (secondary N) is 1. The number of likely N-dealkylation sites (tertiary alicyclic amines) is 1. The van der Waals surface area contributed by atoms with Crippen LogP contribution in [0.5, 0.6) is 0 Å². The highest BCUT2D eigenvalue weighted by molar-refractivity contribution is 8.03. The Balaban J connectivity index is 1.83.